The average Bonchev–Trinajstić information content (AvgIpc) is 2.45. The second kappa shape index (κ2) is 8.05. The van der Waals surface area contributed by atoms with Crippen LogP contribution in [0.15, 0.2) is 23.4 Å². The summed E-state index contributed by atoms with van der Waals surface area (Å²) in [4.78, 5) is 10.4. The second-order valence-corrected chi connectivity index (χ2v) is 4.74. The topological polar surface area (TPSA) is 120 Å². The number of hydrogen-bond acceptors (Lipinski definition) is 6. The highest BCUT2D eigenvalue weighted by molar-refractivity contribution is 5.97. The summed E-state index contributed by atoms with van der Waals surface area (Å²) in [6, 6.07) is 4.08. The van der Waals surface area contributed by atoms with Gasteiger partial charge in [-0.3, -0.25) is 10.1 Å². The van der Waals surface area contributed by atoms with E-state index in [0.717, 1.165) is 0 Å². The molecular weight excluding hydrogens is 278 g/mol. The number of benzene rings is 1. The lowest BCUT2D eigenvalue weighted by atomic mass is 10.1. The van der Waals surface area contributed by atoms with Gasteiger partial charge in [-0.15, -0.1) is 0 Å². The van der Waals surface area contributed by atoms with Crippen molar-refractivity contribution in [3.8, 4) is 5.75 Å². The highest BCUT2D eigenvalue weighted by Gasteiger charge is 2.17. The minimum absolute atomic E-state index is 0.114. The fourth-order valence-electron chi connectivity index (χ4n) is 1.53. The summed E-state index contributed by atoms with van der Waals surface area (Å²) >= 11 is 0. The summed E-state index contributed by atoms with van der Waals surface area (Å²) in [5, 5.41) is 22.4. The summed E-state index contributed by atoms with van der Waals surface area (Å²) in [5.74, 6) is 0.326. The number of rotatable bonds is 8. The van der Waals surface area contributed by atoms with Crippen LogP contribution in [0.25, 0.3) is 0 Å². The predicted molar refractivity (Wildman–Crippen MR) is 76.8 cm³/mol. The van der Waals surface area contributed by atoms with Gasteiger partial charge in [0.2, 0.25) is 0 Å². The van der Waals surface area contributed by atoms with Gasteiger partial charge in [0, 0.05) is 18.2 Å². The first-order valence-electron chi connectivity index (χ1n) is 6.42. The van der Waals surface area contributed by atoms with Crippen LogP contribution in [0.2, 0.25) is 0 Å². The Morgan fingerprint density at radius 2 is 2.19 bits per heavy atom. The van der Waals surface area contributed by atoms with Crippen molar-refractivity contribution in [2.24, 2.45) is 16.8 Å². The molecule has 0 radical (unpaired) electrons. The lowest BCUT2D eigenvalue weighted by molar-refractivity contribution is -0.385. The standard InChI is InChI=1S/C13H19N3O5/c1-9(2)8-20-5-6-21-12-4-3-10(13(14)15-17)7-11(12)16(18)19/h3-4,7,9,17H,5-6,8H2,1-2H3,(H2,14,15). The van der Waals surface area contributed by atoms with E-state index in [2.05, 4.69) is 5.16 Å². The molecule has 3 N–H and O–H groups in total. The summed E-state index contributed by atoms with van der Waals surface area (Å²) < 4.78 is 10.7. The van der Waals surface area contributed by atoms with Crippen molar-refractivity contribution in [3.05, 3.63) is 33.9 Å². The van der Waals surface area contributed by atoms with E-state index in [1.54, 1.807) is 0 Å². The Labute approximate surface area is 122 Å². The molecule has 0 atom stereocenters. The third-order valence-corrected chi connectivity index (χ3v) is 2.50. The van der Waals surface area contributed by atoms with Crippen LogP contribution in [0, 0.1) is 16.0 Å². The number of nitrogens with zero attached hydrogens (tertiary/aromatic N) is 2. The van der Waals surface area contributed by atoms with Gasteiger partial charge in [-0.05, 0) is 18.1 Å². The maximum Gasteiger partial charge on any atom is 0.311 e. The van der Waals surface area contributed by atoms with Gasteiger partial charge < -0.3 is 20.4 Å². The quantitative estimate of drug-likeness (QED) is 0.188. The molecule has 0 spiro atoms. The van der Waals surface area contributed by atoms with Crippen molar-refractivity contribution in [2.75, 3.05) is 19.8 Å². The molecule has 0 amide bonds. The van der Waals surface area contributed by atoms with E-state index in [9.17, 15) is 10.1 Å². The number of nitro benzene ring substituents is 1. The number of ether oxygens (including phenoxy) is 2. The number of nitro groups is 1. The van der Waals surface area contributed by atoms with Crippen molar-refractivity contribution in [1.29, 1.82) is 0 Å². The fraction of sp³-hybridized carbons (Fsp3) is 0.462. The SMILES string of the molecule is CC(C)COCCOc1ccc(/C(N)=N/O)cc1[N+](=O)[O-]. The average molecular weight is 297 g/mol. The monoisotopic (exact) mass is 297 g/mol. The molecule has 0 bridgehead atoms. The fourth-order valence-corrected chi connectivity index (χ4v) is 1.53. The van der Waals surface area contributed by atoms with Crippen molar-refractivity contribution in [1.82, 2.24) is 0 Å². The van der Waals surface area contributed by atoms with Gasteiger partial charge >= 0.3 is 5.69 Å². The van der Waals surface area contributed by atoms with Crippen LogP contribution >= 0.6 is 0 Å². The normalized spacial score (nSPS) is 11.7. The summed E-state index contributed by atoms with van der Waals surface area (Å²) in [6.07, 6.45) is 0. The van der Waals surface area contributed by atoms with Crippen molar-refractivity contribution in [3.63, 3.8) is 0 Å². The Bertz CT molecular complexity index is 517. The molecule has 8 heteroatoms. The first-order valence-corrected chi connectivity index (χ1v) is 6.42. The molecule has 0 aliphatic carbocycles. The molecule has 21 heavy (non-hydrogen) atoms. The molecule has 0 saturated heterocycles. The Balaban J connectivity index is 2.71. The second-order valence-electron chi connectivity index (χ2n) is 4.74. The third-order valence-electron chi connectivity index (χ3n) is 2.50. The Morgan fingerprint density at radius 1 is 1.48 bits per heavy atom. The highest BCUT2D eigenvalue weighted by atomic mass is 16.6. The van der Waals surface area contributed by atoms with Crippen molar-refractivity contribution in [2.45, 2.75) is 13.8 Å². The van der Waals surface area contributed by atoms with Crippen molar-refractivity contribution >= 4 is 11.5 Å². The van der Waals surface area contributed by atoms with Crippen LogP contribution in [0.5, 0.6) is 5.75 Å². The summed E-state index contributed by atoms with van der Waals surface area (Å²) in [5.41, 5.74) is 5.39. The van der Waals surface area contributed by atoms with E-state index in [4.69, 9.17) is 20.4 Å². The van der Waals surface area contributed by atoms with E-state index in [0.29, 0.717) is 19.1 Å². The number of hydrogen-bond donors (Lipinski definition) is 2. The number of nitrogens with two attached hydrogens (primary N) is 1. The van der Waals surface area contributed by atoms with Gasteiger partial charge in [-0.1, -0.05) is 19.0 Å². The molecule has 0 unspecified atom stereocenters. The molecule has 1 rings (SSSR count). The van der Waals surface area contributed by atoms with E-state index in [1.165, 1.54) is 18.2 Å². The van der Waals surface area contributed by atoms with Gasteiger partial charge in [0.1, 0.15) is 6.61 Å². The zero-order valence-corrected chi connectivity index (χ0v) is 12.0. The largest absolute Gasteiger partial charge is 0.484 e. The van der Waals surface area contributed by atoms with E-state index >= 15 is 0 Å². The Kier molecular flexibility index (Phi) is 6.41. The molecule has 0 aromatic heterocycles. The van der Waals surface area contributed by atoms with Crippen molar-refractivity contribution < 1.29 is 19.6 Å². The van der Waals surface area contributed by atoms with Crippen LogP contribution in [0.4, 0.5) is 5.69 Å². The molecule has 0 aliphatic heterocycles. The predicted octanol–water partition coefficient (Wildman–Crippen LogP) is 1.74. The maximum atomic E-state index is 11.0. The molecule has 0 heterocycles. The maximum absolute atomic E-state index is 11.0. The molecule has 1 aromatic rings. The third kappa shape index (κ3) is 5.27. The zero-order chi connectivity index (χ0) is 15.8. The van der Waals surface area contributed by atoms with Crippen LogP contribution in [0.3, 0.4) is 0 Å². The minimum atomic E-state index is -0.585. The Hall–Kier alpha value is -2.35. The Morgan fingerprint density at radius 3 is 2.76 bits per heavy atom. The van der Waals surface area contributed by atoms with Crippen LogP contribution < -0.4 is 10.5 Å². The lowest BCUT2D eigenvalue weighted by Crippen LogP contribution is -2.14. The smallest absolute Gasteiger partial charge is 0.311 e. The van der Waals surface area contributed by atoms with Crippen LogP contribution in [-0.2, 0) is 4.74 Å². The number of oxime groups is 1. The molecular formula is C13H19N3O5. The van der Waals surface area contributed by atoms with Gasteiger partial charge in [0.05, 0.1) is 11.5 Å². The molecule has 0 fully saturated rings. The van der Waals surface area contributed by atoms with Gasteiger partial charge in [-0.2, -0.15) is 0 Å². The minimum Gasteiger partial charge on any atom is -0.484 e. The lowest BCUT2D eigenvalue weighted by Gasteiger charge is -2.09. The van der Waals surface area contributed by atoms with E-state index < -0.39 is 4.92 Å². The van der Waals surface area contributed by atoms with Gasteiger partial charge in [0.15, 0.2) is 11.6 Å². The first-order chi connectivity index (χ1) is 9.95. The molecule has 116 valence electrons. The first kappa shape index (κ1) is 16.7. The van der Waals surface area contributed by atoms with Gasteiger partial charge in [-0.25, -0.2) is 0 Å². The summed E-state index contributed by atoms with van der Waals surface area (Å²) in [7, 11) is 0. The highest BCUT2D eigenvalue weighted by Crippen LogP contribution is 2.27. The summed E-state index contributed by atoms with van der Waals surface area (Å²) in [6.45, 7) is 5.21. The molecule has 1 aromatic carbocycles. The molecule has 0 aliphatic rings. The van der Waals surface area contributed by atoms with Crippen LogP contribution in [-0.4, -0.2) is 35.8 Å². The van der Waals surface area contributed by atoms with Crippen LogP contribution in [0.1, 0.15) is 19.4 Å². The number of amidine groups is 1. The van der Waals surface area contributed by atoms with E-state index in [1.807, 2.05) is 13.8 Å². The van der Waals surface area contributed by atoms with Gasteiger partial charge in [0.25, 0.3) is 0 Å². The molecule has 8 nitrogen and oxygen atoms in total. The van der Waals surface area contributed by atoms with E-state index in [-0.39, 0.29) is 29.4 Å². The zero-order valence-electron chi connectivity index (χ0n) is 12.0. The molecule has 0 saturated carbocycles.